The number of aromatic nitrogens is 8. The quantitative estimate of drug-likeness (QED) is 0.0889. The molecule has 8 atom stereocenters. The minimum atomic E-state index is -0.703. The molecule has 2 N–H and O–H groups in total. The van der Waals surface area contributed by atoms with Crippen molar-refractivity contribution in [1.82, 2.24) is 51.0 Å². The molecule has 2 fully saturated rings. The maximum absolute atomic E-state index is 14.4. The van der Waals surface area contributed by atoms with E-state index >= 15 is 0 Å². The highest BCUT2D eigenvalue weighted by molar-refractivity contribution is 14.1. The smallest absolute Gasteiger partial charge is 0.253 e. The van der Waals surface area contributed by atoms with Crippen molar-refractivity contribution in [2.24, 2.45) is 0 Å². The summed E-state index contributed by atoms with van der Waals surface area (Å²) >= 11 is 29.5. The Morgan fingerprint density at radius 1 is 0.487 bits per heavy atom. The van der Waals surface area contributed by atoms with Gasteiger partial charge in [-0.15, -0.1) is 20.4 Å². The van der Waals surface area contributed by atoms with Crippen LogP contribution in [0.15, 0.2) is 146 Å². The molecular weight excluding hydrogens is 1270 g/mol. The van der Waals surface area contributed by atoms with Gasteiger partial charge in [0, 0.05) is 40.1 Å². The van der Waals surface area contributed by atoms with Crippen LogP contribution in [0, 0.1) is 7.14 Å². The van der Waals surface area contributed by atoms with Crippen LogP contribution in [0.5, 0.6) is 0 Å². The van der Waals surface area contributed by atoms with Crippen LogP contribution in [0.25, 0.3) is 0 Å². The monoisotopic (exact) mass is 1320 g/mol. The first-order valence-electron chi connectivity index (χ1n) is 24.8. The van der Waals surface area contributed by atoms with E-state index in [2.05, 4.69) is 100 Å². The third kappa shape index (κ3) is 13.3. The van der Waals surface area contributed by atoms with Crippen LogP contribution in [0.3, 0.4) is 0 Å². The predicted octanol–water partition coefficient (Wildman–Crippen LogP) is 13.8. The van der Waals surface area contributed by atoms with Crippen LogP contribution < -0.4 is 0 Å². The van der Waals surface area contributed by atoms with Gasteiger partial charge in [0.2, 0.25) is 0 Å². The van der Waals surface area contributed by atoms with Gasteiger partial charge < -0.3 is 19.3 Å². The number of carbonyl (C=O) groups is 2. The van der Waals surface area contributed by atoms with Gasteiger partial charge in [-0.25, -0.2) is 0 Å². The first kappa shape index (κ1) is 55.7. The van der Waals surface area contributed by atoms with Gasteiger partial charge in [-0.1, -0.05) is 156 Å². The number of hydrogen-bond donors (Lipinski definition) is 2. The lowest BCUT2D eigenvalue weighted by molar-refractivity contribution is -0.180. The second-order valence-corrected chi connectivity index (χ2v) is 22.7. The first-order chi connectivity index (χ1) is 36.9. The van der Waals surface area contributed by atoms with Crippen molar-refractivity contribution in [3.8, 4) is 0 Å². The fourth-order valence-electron chi connectivity index (χ4n) is 9.92. The zero-order valence-electron chi connectivity index (χ0n) is 41.2. The Hall–Kier alpha value is -5.06. The zero-order chi connectivity index (χ0) is 53.3. The number of H-pyrrole nitrogens is 2. The van der Waals surface area contributed by atoms with E-state index in [1.807, 2.05) is 155 Å². The van der Waals surface area contributed by atoms with E-state index in [0.717, 1.165) is 53.4 Å². The minimum Gasteiger partial charge on any atom is -0.358 e. The number of morpholine rings is 2. The van der Waals surface area contributed by atoms with E-state index < -0.39 is 48.6 Å². The average molecular weight is 1320 g/mol. The Balaban J connectivity index is 0.000000186. The lowest BCUT2D eigenvalue weighted by atomic mass is 9.88. The molecule has 76 heavy (non-hydrogen) atoms. The van der Waals surface area contributed by atoms with E-state index in [4.69, 9.17) is 55.9 Å². The van der Waals surface area contributed by atoms with Crippen LogP contribution in [0.2, 0.25) is 20.1 Å². The summed E-state index contributed by atoms with van der Waals surface area (Å²) < 4.78 is 15.7. The summed E-state index contributed by atoms with van der Waals surface area (Å²) in [6, 6.07) is 44.9. The molecule has 0 bridgehead atoms. The van der Waals surface area contributed by atoms with Gasteiger partial charge in [0.15, 0.2) is 11.6 Å². The molecule has 0 spiro atoms. The molecule has 2 amide bonds. The van der Waals surface area contributed by atoms with E-state index in [-0.39, 0.29) is 11.8 Å². The van der Waals surface area contributed by atoms with Gasteiger partial charge in [0.1, 0.15) is 24.4 Å². The molecule has 0 unspecified atom stereocenters. The summed E-state index contributed by atoms with van der Waals surface area (Å²) in [5.74, 6) is 0.724. The van der Waals surface area contributed by atoms with Crippen molar-refractivity contribution >= 4 is 103 Å². The van der Waals surface area contributed by atoms with Gasteiger partial charge >= 0.3 is 0 Å². The lowest BCUT2D eigenvalue weighted by Crippen LogP contribution is -2.53. The number of nitrogens with zero attached hydrogens (tertiary/aromatic N) is 8. The summed E-state index contributed by atoms with van der Waals surface area (Å²) in [4.78, 5) is 32.5. The van der Waals surface area contributed by atoms with Crippen LogP contribution in [-0.2, 0) is 31.9 Å². The summed E-state index contributed by atoms with van der Waals surface area (Å²) in [5, 5.41) is 32.4. The number of hydrogen-bond acceptors (Lipinski definition) is 10. The molecule has 2 aliphatic heterocycles. The van der Waals surface area contributed by atoms with Gasteiger partial charge in [0.05, 0.1) is 24.2 Å². The number of carbonyl (C=O) groups excluding carboxylic acids is 2. The third-order valence-electron chi connectivity index (χ3n) is 13.5. The Morgan fingerprint density at radius 2 is 0.803 bits per heavy atom. The largest absolute Gasteiger partial charge is 0.358 e. The fraction of sp³-hybridized carbons (Fsp3) is 0.286. The second-order valence-electron chi connectivity index (χ2n) is 18.5. The second kappa shape index (κ2) is 26.1. The molecule has 392 valence electrons. The molecule has 0 radical (unpaired) electrons. The molecule has 10 rings (SSSR count). The normalized spacial score (nSPS) is 20.5. The number of amides is 2. The van der Waals surface area contributed by atoms with Crippen molar-refractivity contribution in [1.29, 1.82) is 0 Å². The number of aromatic amines is 2. The SMILES string of the molecule is CCC[C@@H](c1nn[nH]n1)N1C(=O)[C@@H](Cc2ccc(I)cc2)O[C@H](c2ccc(Cl)cc2)[C@@H]1c1ccc(Cl)cc1.CCC[C@H](c1nn[nH]n1)N1C(=O)[C@H](Cc2ccc(I)cc2)O[C@@H](c2ccc(Cl)cc2)[C@H]1c1ccc(Cl)cc1. The topological polar surface area (TPSA) is 168 Å². The Bertz CT molecular complexity index is 2920. The number of rotatable bonds is 16. The molecule has 14 nitrogen and oxygen atoms in total. The molecule has 6 aromatic carbocycles. The maximum Gasteiger partial charge on any atom is 0.253 e. The van der Waals surface area contributed by atoms with Crippen LogP contribution >= 0.6 is 91.6 Å². The van der Waals surface area contributed by atoms with Crippen LogP contribution in [0.4, 0.5) is 0 Å². The van der Waals surface area contributed by atoms with Crippen molar-refractivity contribution in [2.45, 2.75) is 101 Å². The van der Waals surface area contributed by atoms with Crippen molar-refractivity contribution in [2.75, 3.05) is 0 Å². The standard InChI is InChI=1S/2C28H26Cl2IN5O2/c2*1-2-3-23(27-32-34-35-33-27)36-25(18-6-10-20(29)11-7-18)26(19-8-12-21(30)13-9-19)38-24(28(36)37)16-17-4-14-22(31)15-5-17/h2*4-15,23-26H,2-3,16H2,1H3,(H,32,33,34,35)/t2*23-,24+,25-,26+/m10/s1. The third-order valence-corrected chi connectivity index (χ3v) is 15.9. The van der Waals surface area contributed by atoms with Crippen molar-refractivity contribution in [3.63, 3.8) is 0 Å². The summed E-state index contributed by atoms with van der Waals surface area (Å²) in [6.45, 7) is 4.16. The molecule has 2 aromatic heterocycles. The van der Waals surface area contributed by atoms with Gasteiger partial charge in [-0.2, -0.15) is 10.4 Å². The number of nitrogens with one attached hydrogen (secondary N) is 2. The molecule has 8 aromatic rings. The highest BCUT2D eigenvalue weighted by Gasteiger charge is 2.49. The van der Waals surface area contributed by atoms with Crippen LogP contribution in [-0.4, -0.2) is 75.1 Å². The van der Waals surface area contributed by atoms with Gasteiger partial charge in [-0.05, 0) is 164 Å². The van der Waals surface area contributed by atoms with Crippen molar-refractivity contribution < 1.29 is 19.1 Å². The van der Waals surface area contributed by atoms with E-state index in [9.17, 15) is 9.59 Å². The molecule has 0 saturated carbocycles. The van der Waals surface area contributed by atoms with Gasteiger partial charge in [0.25, 0.3) is 11.8 Å². The zero-order valence-corrected chi connectivity index (χ0v) is 48.5. The highest BCUT2D eigenvalue weighted by Crippen LogP contribution is 2.49. The van der Waals surface area contributed by atoms with E-state index in [1.54, 1.807) is 0 Å². The summed E-state index contributed by atoms with van der Waals surface area (Å²) in [6.07, 6.45) is 1.52. The summed E-state index contributed by atoms with van der Waals surface area (Å²) in [5.41, 5.74) is 5.69. The number of halogens is 6. The maximum atomic E-state index is 14.4. The van der Waals surface area contributed by atoms with Crippen LogP contribution in [0.1, 0.15) is 121 Å². The number of benzene rings is 6. The Labute approximate surface area is 488 Å². The number of ether oxygens (including phenoxy) is 2. The molecular formula is C56H52Cl4I2N10O4. The predicted molar refractivity (Wildman–Crippen MR) is 310 cm³/mol. The molecule has 20 heteroatoms. The summed E-state index contributed by atoms with van der Waals surface area (Å²) in [7, 11) is 0. The molecule has 4 heterocycles. The van der Waals surface area contributed by atoms with E-state index in [0.29, 0.717) is 57.4 Å². The highest BCUT2D eigenvalue weighted by atomic mass is 127. The number of tetrazole rings is 2. The lowest BCUT2D eigenvalue weighted by Gasteiger charge is -2.47. The van der Waals surface area contributed by atoms with Gasteiger partial charge in [-0.3, -0.25) is 9.59 Å². The molecule has 2 aliphatic rings. The first-order valence-corrected chi connectivity index (χ1v) is 28.5. The van der Waals surface area contributed by atoms with Crippen molar-refractivity contribution in [3.05, 3.63) is 218 Å². The average Bonchev–Trinajstić information content (AvgIpc) is 4.23. The Kier molecular flexibility index (Phi) is 19.1. The van der Waals surface area contributed by atoms with E-state index in [1.165, 1.54) is 0 Å². The Morgan fingerprint density at radius 3 is 1.09 bits per heavy atom. The molecule has 0 aliphatic carbocycles. The fourth-order valence-corrected chi connectivity index (χ4v) is 11.1. The molecule has 2 saturated heterocycles. The minimum absolute atomic E-state index is 0.114.